The van der Waals surface area contributed by atoms with Crippen LogP contribution in [0.4, 0.5) is 10.1 Å². The minimum absolute atomic E-state index is 0.226. The second kappa shape index (κ2) is 8.79. The molecule has 0 aromatic heterocycles. The molecule has 0 saturated heterocycles. The Morgan fingerprint density at radius 1 is 0.875 bits per heavy atom. The number of nitrogens with zero attached hydrogens (tertiary/aromatic N) is 2. The Morgan fingerprint density at radius 3 is 2.22 bits per heavy atom. The summed E-state index contributed by atoms with van der Waals surface area (Å²) in [6.07, 6.45) is 0.459. The van der Waals surface area contributed by atoms with Crippen LogP contribution in [-0.2, 0) is 16.0 Å². The number of amides is 2. The number of para-hydroxylation sites is 1. The van der Waals surface area contributed by atoms with Gasteiger partial charge in [0.25, 0.3) is 11.8 Å². The van der Waals surface area contributed by atoms with Crippen LogP contribution in [0.5, 0.6) is 0 Å². The maximum absolute atomic E-state index is 13.5. The van der Waals surface area contributed by atoms with Crippen LogP contribution < -0.4 is 4.90 Å². The Kier molecular flexibility index (Phi) is 5.91. The van der Waals surface area contributed by atoms with E-state index < -0.39 is 0 Å². The van der Waals surface area contributed by atoms with E-state index in [4.69, 9.17) is 0 Å². The van der Waals surface area contributed by atoms with E-state index >= 15 is 0 Å². The van der Waals surface area contributed by atoms with Gasteiger partial charge >= 0.3 is 0 Å². The van der Waals surface area contributed by atoms with Gasteiger partial charge < -0.3 is 4.90 Å². The molecule has 0 saturated carbocycles. The molecule has 1 heterocycles. The molecule has 5 heteroatoms. The molecule has 3 aromatic rings. The van der Waals surface area contributed by atoms with E-state index in [0.29, 0.717) is 17.7 Å². The highest BCUT2D eigenvalue weighted by atomic mass is 19.1. The highest BCUT2D eigenvalue weighted by molar-refractivity contribution is 6.37. The lowest BCUT2D eigenvalue weighted by atomic mass is 9.97. The number of rotatable bonds is 6. The second-order valence-corrected chi connectivity index (χ2v) is 8.07. The van der Waals surface area contributed by atoms with E-state index in [0.717, 1.165) is 27.9 Å². The number of carbonyl (C=O) groups excluding carboxylic acids is 2. The Bertz CT molecular complexity index is 1200. The van der Waals surface area contributed by atoms with Crippen molar-refractivity contribution in [3.63, 3.8) is 0 Å². The Labute approximate surface area is 187 Å². The van der Waals surface area contributed by atoms with Crippen molar-refractivity contribution in [1.29, 1.82) is 0 Å². The normalized spacial score (nSPS) is 13.8. The van der Waals surface area contributed by atoms with Crippen molar-refractivity contribution < 1.29 is 14.0 Å². The molecular weight excluding hydrogens is 403 g/mol. The standard InChI is InChI=1S/C27H25FN2O2/c1-18-9-14-23(19(2)17-18)24-25(29(3)22-7-5-4-6-8-22)27(32)30(26(24)31)16-15-20-10-12-21(28)13-11-20/h4-14,17H,15-16H2,1-3H3. The summed E-state index contributed by atoms with van der Waals surface area (Å²) in [6.45, 7) is 4.18. The first-order valence-electron chi connectivity index (χ1n) is 10.6. The van der Waals surface area contributed by atoms with Crippen molar-refractivity contribution in [3.8, 4) is 0 Å². The Morgan fingerprint density at radius 2 is 1.56 bits per heavy atom. The molecule has 0 fully saturated rings. The molecule has 1 aliphatic rings. The van der Waals surface area contributed by atoms with Gasteiger partial charge in [0.05, 0.1) is 5.57 Å². The van der Waals surface area contributed by atoms with Crippen LogP contribution in [0.1, 0.15) is 22.3 Å². The first kappa shape index (κ1) is 21.5. The molecule has 3 aromatic carbocycles. The third-order valence-electron chi connectivity index (χ3n) is 5.81. The number of likely N-dealkylation sites (N-methyl/N-ethyl adjacent to an activating group) is 1. The van der Waals surface area contributed by atoms with E-state index in [1.165, 1.54) is 17.0 Å². The van der Waals surface area contributed by atoms with Crippen LogP contribution in [-0.4, -0.2) is 30.3 Å². The SMILES string of the molecule is Cc1ccc(C2=C(N(C)c3ccccc3)C(=O)N(CCc3ccc(F)cc3)C2=O)c(C)c1. The van der Waals surface area contributed by atoms with Crippen LogP contribution >= 0.6 is 0 Å². The maximum atomic E-state index is 13.5. The number of imide groups is 1. The second-order valence-electron chi connectivity index (χ2n) is 8.07. The molecule has 0 spiro atoms. The maximum Gasteiger partial charge on any atom is 0.278 e. The first-order chi connectivity index (χ1) is 15.4. The molecule has 0 radical (unpaired) electrons. The number of benzene rings is 3. The molecule has 162 valence electrons. The summed E-state index contributed by atoms with van der Waals surface area (Å²) in [5.41, 5.74) is 5.27. The van der Waals surface area contributed by atoms with Crippen molar-refractivity contribution >= 4 is 23.1 Å². The highest BCUT2D eigenvalue weighted by Crippen LogP contribution is 2.35. The lowest BCUT2D eigenvalue weighted by Gasteiger charge is -2.21. The van der Waals surface area contributed by atoms with Crippen LogP contribution in [0.25, 0.3) is 5.57 Å². The fourth-order valence-corrected chi connectivity index (χ4v) is 4.09. The molecule has 0 atom stereocenters. The molecule has 2 amide bonds. The van der Waals surface area contributed by atoms with Crippen LogP contribution in [0.2, 0.25) is 0 Å². The average Bonchev–Trinajstić information content (AvgIpc) is 3.03. The van der Waals surface area contributed by atoms with E-state index in [-0.39, 0.29) is 24.2 Å². The zero-order valence-corrected chi connectivity index (χ0v) is 18.4. The number of anilines is 1. The van der Waals surface area contributed by atoms with E-state index in [1.54, 1.807) is 17.0 Å². The minimum atomic E-state index is -0.321. The van der Waals surface area contributed by atoms with Crippen molar-refractivity contribution in [2.45, 2.75) is 20.3 Å². The van der Waals surface area contributed by atoms with E-state index in [9.17, 15) is 14.0 Å². The quantitative estimate of drug-likeness (QED) is 0.524. The van der Waals surface area contributed by atoms with E-state index in [1.807, 2.05) is 69.4 Å². The number of carbonyl (C=O) groups is 2. The van der Waals surface area contributed by atoms with Gasteiger partial charge in [0, 0.05) is 19.3 Å². The fourth-order valence-electron chi connectivity index (χ4n) is 4.09. The van der Waals surface area contributed by atoms with Gasteiger partial charge in [0.15, 0.2) is 0 Å². The molecule has 0 N–H and O–H groups in total. The number of hydrogen-bond acceptors (Lipinski definition) is 3. The van der Waals surface area contributed by atoms with Crippen molar-refractivity contribution in [2.75, 3.05) is 18.5 Å². The number of hydrogen-bond donors (Lipinski definition) is 0. The monoisotopic (exact) mass is 428 g/mol. The largest absolute Gasteiger partial charge is 0.339 e. The predicted octanol–water partition coefficient (Wildman–Crippen LogP) is 4.90. The lowest BCUT2D eigenvalue weighted by molar-refractivity contribution is -0.136. The molecule has 1 aliphatic heterocycles. The molecule has 4 rings (SSSR count). The Hall–Kier alpha value is -3.73. The summed E-state index contributed by atoms with van der Waals surface area (Å²) in [7, 11) is 1.81. The zero-order chi connectivity index (χ0) is 22.8. The van der Waals surface area contributed by atoms with Gasteiger partial charge in [-0.3, -0.25) is 14.5 Å². The summed E-state index contributed by atoms with van der Waals surface area (Å²) in [4.78, 5) is 30.1. The number of aryl methyl sites for hydroxylation is 2. The topological polar surface area (TPSA) is 40.6 Å². The molecule has 32 heavy (non-hydrogen) atoms. The minimum Gasteiger partial charge on any atom is -0.339 e. The summed E-state index contributed by atoms with van der Waals surface area (Å²) in [5.74, 6) is -0.937. The molecular formula is C27H25FN2O2. The summed E-state index contributed by atoms with van der Waals surface area (Å²) < 4.78 is 13.2. The summed E-state index contributed by atoms with van der Waals surface area (Å²) in [5, 5.41) is 0. The smallest absolute Gasteiger partial charge is 0.278 e. The van der Waals surface area contributed by atoms with Crippen molar-refractivity contribution in [3.05, 3.63) is 107 Å². The molecule has 4 nitrogen and oxygen atoms in total. The van der Waals surface area contributed by atoms with Crippen molar-refractivity contribution in [1.82, 2.24) is 4.90 Å². The third kappa shape index (κ3) is 4.06. The first-order valence-corrected chi connectivity index (χ1v) is 10.6. The third-order valence-corrected chi connectivity index (χ3v) is 5.81. The van der Waals surface area contributed by atoms with Gasteiger partial charge in [-0.2, -0.15) is 0 Å². The highest BCUT2D eigenvalue weighted by Gasteiger charge is 2.41. The predicted molar refractivity (Wildman–Crippen MR) is 125 cm³/mol. The van der Waals surface area contributed by atoms with Gasteiger partial charge in [0.2, 0.25) is 0 Å². The molecule has 0 unspecified atom stereocenters. The summed E-state index contributed by atoms with van der Waals surface area (Å²) >= 11 is 0. The van der Waals surface area contributed by atoms with Crippen LogP contribution in [0.15, 0.2) is 78.5 Å². The Balaban J connectivity index is 1.73. The average molecular weight is 429 g/mol. The van der Waals surface area contributed by atoms with Gasteiger partial charge in [-0.25, -0.2) is 4.39 Å². The molecule has 0 aliphatic carbocycles. The van der Waals surface area contributed by atoms with Gasteiger partial charge in [-0.15, -0.1) is 0 Å². The lowest BCUT2D eigenvalue weighted by Crippen LogP contribution is -2.35. The molecule has 0 bridgehead atoms. The van der Waals surface area contributed by atoms with Gasteiger partial charge in [-0.1, -0.05) is 54.1 Å². The number of halogens is 1. The zero-order valence-electron chi connectivity index (χ0n) is 18.4. The summed E-state index contributed by atoms with van der Waals surface area (Å²) in [6, 6.07) is 21.5. The van der Waals surface area contributed by atoms with Crippen molar-refractivity contribution in [2.24, 2.45) is 0 Å². The van der Waals surface area contributed by atoms with Crippen LogP contribution in [0, 0.1) is 19.7 Å². The fraction of sp³-hybridized carbons (Fsp3) is 0.185. The van der Waals surface area contributed by atoms with Gasteiger partial charge in [0.1, 0.15) is 11.5 Å². The van der Waals surface area contributed by atoms with Crippen LogP contribution in [0.3, 0.4) is 0 Å². The van der Waals surface area contributed by atoms with E-state index in [2.05, 4.69) is 0 Å². The van der Waals surface area contributed by atoms with Gasteiger partial charge in [-0.05, 0) is 61.2 Å².